The third-order valence-electron chi connectivity index (χ3n) is 3.93. The van der Waals surface area contributed by atoms with Crippen molar-refractivity contribution < 1.29 is 18.7 Å². The Morgan fingerprint density at radius 3 is 2.41 bits per heavy atom. The molecule has 0 aromatic heterocycles. The van der Waals surface area contributed by atoms with Gasteiger partial charge in [0.15, 0.2) is 0 Å². The zero-order valence-electron chi connectivity index (χ0n) is 12.2. The maximum Gasteiger partial charge on any atom is 0.315 e. The smallest absolute Gasteiger partial charge is 0.315 e. The molecule has 1 heterocycles. The quantitative estimate of drug-likeness (QED) is 0.754. The summed E-state index contributed by atoms with van der Waals surface area (Å²) in [7, 11) is 0. The van der Waals surface area contributed by atoms with Crippen LogP contribution in [0.25, 0.3) is 0 Å². The predicted molar refractivity (Wildman–Crippen MR) is 78.3 cm³/mol. The van der Waals surface area contributed by atoms with Gasteiger partial charge in [0, 0.05) is 26.3 Å². The standard InChI is InChI=1S/C15H20FN3O3/c16-12-3-1-11(2-4-12)9-18-14(21)19-10-15(13(17)20)5-7-22-8-6-15/h1-4H,5-10H2,(H2,17,20)(H2,18,19,21). The predicted octanol–water partition coefficient (Wildman–Crippen LogP) is 0.907. The Kier molecular flexibility index (Phi) is 5.32. The third kappa shape index (κ3) is 4.17. The van der Waals surface area contributed by atoms with Gasteiger partial charge < -0.3 is 21.1 Å². The molecule has 1 aromatic carbocycles. The number of benzene rings is 1. The Morgan fingerprint density at radius 1 is 1.18 bits per heavy atom. The van der Waals surface area contributed by atoms with E-state index in [0.717, 1.165) is 5.56 Å². The fourth-order valence-electron chi connectivity index (χ4n) is 2.37. The molecule has 1 aliphatic rings. The molecule has 120 valence electrons. The van der Waals surface area contributed by atoms with Crippen molar-refractivity contribution in [2.75, 3.05) is 19.8 Å². The van der Waals surface area contributed by atoms with Crippen molar-refractivity contribution in [3.8, 4) is 0 Å². The van der Waals surface area contributed by atoms with Gasteiger partial charge in [-0.25, -0.2) is 9.18 Å². The molecule has 3 amide bonds. The lowest BCUT2D eigenvalue weighted by Gasteiger charge is -2.34. The van der Waals surface area contributed by atoms with Gasteiger partial charge in [-0.3, -0.25) is 4.79 Å². The maximum atomic E-state index is 12.8. The van der Waals surface area contributed by atoms with Crippen molar-refractivity contribution in [1.82, 2.24) is 10.6 Å². The number of rotatable bonds is 5. The van der Waals surface area contributed by atoms with E-state index in [9.17, 15) is 14.0 Å². The van der Waals surface area contributed by atoms with Crippen LogP contribution in [0, 0.1) is 11.2 Å². The summed E-state index contributed by atoms with van der Waals surface area (Å²) in [4.78, 5) is 23.5. The van der Waals surface area contributed by atoms with Crippen LogP contribution < -0.4 is 16.4 Å². The van der Waals surface area contributed by atoms with Crippen LogP contribution in [0.3, 0.4) is 0 Å². The summed E-state index contributed by atoms with van der Waals surface area (Å²) >= 11 is 0. The first kappa shape index (κ1) is 16.2. The van der Waals surface area contributed by atoms with Gasteiger partial charge in [-0.15, -0.1) is 0 Å². The molecule has 0 unspecified atom stereocenters. The summed E-state index contributed by atoms with van der Waals surface area (Å²) in [6.45, 7) is 1.38. The van der Waals surface area contributed by atoms with E-state index in [-0.39, 0.29) is 18.9 Å². The minimum atomic E-state index is -0.745. The Balaban J connectivity index is 1.81. The Hall–Kier alpha value is -2.15. The lowest BCUT2D eigenvalue weighted by molar-refractivity contribution is -0.132. The maximum absolute atomic E-state index is 12.8. The molecule has 0 saturated carbocycles. The average Bonchev–Trinajstić information content (AvgIpc) is 2.53. The number of amides is 3. The lowest BCUT2D eigenvalue weighted by Crippen LogP contribution is -2.51. The monoisotopic (exact) mass is 309 g/mol. The van der Waals surface area contributed by atoms with Gasteiger partial charge in [0.25, 0.3) is 0 Å². The molecule has 0 aliphatic carbocycles. The van der Waals surface area contributed by atoms with Crippen LogP contribution in [0.15, 0.2) is 24.3 Å². The number of nitrogens with two attached hydrogens (primary N) is 1. The van der Waals surface area contributed by atoms with Crippen LogP contribution >= 0.6 is 0 Å². The van der Waals surface area contributed by atoms with Crippen LogP contribution in [-0.2, 0) is 16.1 Å². The Labute approximate surface area is 128 Å². The summed E-state index contributed by atoms with van der Waals surface area (Å²) in [6.07, 6.45) is 1.00. The average molecular weight is 309 g/mol. The normalized spacial score (nSPS) is 16.8. The molecule has 0 atom stereocenters. The highest BCUT2D eigenvalue weighted by Gasteiger charge is 2.38. The zero-order valence-corrected chi connectivity index (χ0v) is 12.2. The number of halogens is 1. The summed E-state index contributed by atoms with van der Waals surface area (Å²) in [5.41, 5.74) is 5.51. The first-order chi connectivity index (χ1) is 10.5. The van der Waals surface area contributed by atoms with Crippen LogP contribution in [0.1, 0.15) is 18.4 Å². The molecule has 2 rings (SSSR count). The van der Waals surface area contributed by atoms with Crippen molar-refractivity contribution in [3.63, 3.8) is 0 Å². The molecule has 4 N–H and O–H groups in total. The molecule has 7 heteroatoms. The second-order valence-electron chi connectivity index (χ2n) is 5.42. The van der Waals surface area contributed by atoms with Crippen LogP contribution in [0.2, 0.25) is 0 Å². The van der Waals surface area contributed by atoms with Crippen molar-refractivity contribution in [3.05, 3.63) is 35.6 Å². The summed E-state index contributed by atoms with van der Waals surface area (Å²) in [5.74, 6) is -0.745. The first-order valence-electron chi connectivity index (χ1n) is 7.16. The van der Waals surface area contributed by atoms with Crippen molar-refractivity contribution in [2.45, 2.75) is 19.4 Å². The van der Waals surface area contributed by atoms with E-state index in [2.05, 4.69) is 10.6 Å². The number of carbonyl (C=O) groups excluding carboxylic acids is 2. The Bertz CT molecular complexity index is 527. The van der Waals surface area contributed by atoms with Gasteiger partial charge >= 0.3 is 6.03 Å². The number of nitrogens with one attached hydrogen (secondary N) is 2. The zero-order chi connectivity index (χ0) is 16.0. The van der Waals surface area contributed by atoms with Gasteiger partial charge in [0.05, 0.1) is 5.41 Å². The summed E-state index contributed by atoms with van der Waals surface area (Å²) in [6, 6.07) is 5.46. The highest BCUT2D eigenvalue weighted by molar-refractivity contribution is 5.82. The molecule has 22 heavy (non-hydrogen) atoms. The fourth-order valence-corrected chi connectivity index (χ4v) is 2.37. The van der Waals surface area contributed by atoms with E-state index in [1.807, 2.05) is 0 Å². The number of hydrogen-bond acceptors (Lipinski definition) is 3. The highest BCUT2D eigenvalue weighted by atomic mass is 19.1. The summed E-state index contributed by atoms with van der Waals surface area (Å²) < 4.78 is 18.0. The van der Waals surface area contributed by atoms with Crippen LogP contribution in [-0.4, -0.2) is 31.7 Å². The topological polar surface area (TPSA) is 93.5 Å². The van der Waals surface area contributed by atoms with E-state index >= 15 is 0 Å². The minimum Gasteiger partial charge on any atom is -0.381 e. The largest absolute Gasteiger partial charge is 0.381 e. The van der Waals surface area contributed by atoms with Crippen LogP contribution in [0.4, 0.5) is 9.18 Å². The number of primary amides is 1. The van der Waals surface area contributed by atoms with Crippen LogP contribution in [0.5, 0.6) is 0 Å². The molecule has 1 aliphatic heterocycles. The van der Waals surface area contributed by atoms with Gasteiger partial charge in [0.2, 0.25) is 5.91 Å². The van der Waals surface area contributed by atoms with Gasteiger partial charge in [-0.2, -0.15) is 0 Å². The minimum absolute atomic E-state index is 0.181. The molecular weight excluding hydrogens is 289 g/mol. The molecule has 1 fully saturated rings. The second-order valence-corrected chi connectivity index (χ2v) is 5.42. The number of carbonyl (C=O) groups is 2. The van der Waals surface area contributed by atoms with E-state index in [1.165, 1.54) is 12.1 Å². The number of ether oxygens (including phenoxy) is 1. The van der Waals surface area contributed by atoms with Gasteiger partial charge in [-0.1, -0.05) is 12.1 Å². The number of urea groups is 1. The first-order valence-corrected chi connectivity index (χ1v) is 7.16. The van der Waals surface area contributed by atoms with Gasteiger partial charge in [-0.05, 0) is 30.5 Å². The molecule has 6 nitrogen and oxygen atoms in total. The van der Waals surface area contributed by atoms with Crippen molar-refractivity contribution in [1.29, 1.82) is 0 Å². The molecule has 0 radical (unpaired) electrons. The molecule has 1 aromatic rings. The number of hydrogen-bond donors (Lipinski definition) is 3. The van der Waals surface area contributed by atoms with Gasteiger partial charge in [0.1, 0.15) is 5.82 Å². The van der Waals surface area contributed by atoms with E-state index in [1.54, 1.807) is 12.1 Å². The lowest BCUT2D eigenvalue weighted by atomic mass is 9.79. The third-order valence-corrected chi connectivity index (χ3v) is 3.93. The second kappa shape index (κ2) is 7.22. The highest BCUT2D eigenvalue weighted by Crippen LogP contribution is 2.29. The fraction of sp³-hybridized carbons (Fsp3) is 0.467. The SMILES string of the molecule is NC(=O)C1(CNC(=O)NCc2ccc(F)cc2)CCOCC1. The molecular formula is C15H20FN3O3. The molecule has 0 bridgehead atoms. The van der Waals surface area contributed by atoms with E-state index < -0.39 is 17.4 Å². The molecule has 1 saturated heterocycles. The van der Waals surface area contributed by atoms with E-state index in [0.29, 0.717) is 26.1 Å². The Morgan fingerprint density at radius 2 is 1.82 bits per heavy atom. The summed E-state index contributed by atoms with van der Waals surface area (Å²) in [5, 5.41) is 5.33. The molecule has 0 spiro atoms. The van der Waals surface area contributed by atoms with Crippen molar-refractivity contribution in [2.24, 2.45) is 11.1 Å². The van der Waals surface area contributed by atoms with E-state index in [4.69, 9.17) is 10.5 Å². The van der Waals surface area contributed by atoms with Crippen molar-refractivity contribution >= 4 is 11.9 Å².